The molecule has 1 N–H and O–H groups in total. The van der Waals surface area contributed by atoms with Gasteiger partial charge in [-0.05, 0) is 49.9 Å². The van der Waals surface area contributed by atoms with E-state index >= 15 is 0 Å². The van der Waals surface area contributed by atoms with Gasteiger partial charge in [-0.1, -0.05) is 12.1 Å². The van der Waals surface area contributed by atoms with Gasteiger partial charge in [-0.3, -0.25) is 0 Å². The van der Waals surface area contributed by atoms with Crippen LogP contribution in [0.25, 0.3) is 0 Å². The first kappa shape index (κ1) is 12.3. The highest BCUT2D eigenvalue weighted by atomic mass is 19.3. The highest BCUT2D eigenvalue weighted by Gasteiger charge is 2.13. The van der Waals surface area contributed by atoms with Gasteiger partial charge >= 0.3 is 6.61 Å². The van der Waals surface area contributed by atoms with Crippen molar-refractivity contribution in [3.8, 4) is 5.75 Å². The molecule has 0 amide bonds. The highest BCUT2D eigenvalue weighted by Crippen LogP contribution is 2.18. The smallest absolute Gasteiger partial charge is 0.387 e. The van der Waals surface area contributed by atoms with E-state index in [0.29, 0.717) is 6.04 Å². The van der Waals surface area contributed by atoms with Crippen molar-refractivity contribution in [1.29, 1.82) is 0 Å². The summed E-state index contributed by atoms with van der Waals surface area (Å²) in [4.78, 5) is 0. The van der Waals surface area contributed by atoms with Crippen LogP contribution in [0.2, 0.25) is 0 Å². The van der Waals surface area contributed by atoms with Gasteiger partial charge in [0.15, 0.2) is 0 Å². The second-order valence-corrected chi connectivity index (χ2v) is 4.36. The Balaban J connectivity index is 1.86. The number of alkyl halides is 2. The molecule has 0 radical (unpaired) electrons. The zero-order chi connectivity index (χ0) is 12.1. The third kappa shape index (κ3) is 3.97. The number of nitrogens with one attached hydrogen (secondary N) is 1. The number of hydrogen-bond acceptors (Lipinski definition) is 2. The first-order valence-electron chi connectivity index (χ1n) is 6.01. The number of hydrogen-bond donors (Lipinski definition) is 1. The summed E-state index contributed by atoms with van der Waals surface area (Å²) in [6.07, 6.45) is 4.41. The standard InChI is InChI=1S/C13H17F2NO/c14-13(15)17-12-5-1-3-10(9-12)6-7-11-4-2-8-16-11/h1,3,5,9,11,13,16H,2,4,6-8H2. The van der Waals surface area contributed by atoms with Crippen LogP contribution < -0.4 is 10.1 Å². The summed E-state index contributed by atoms with van der Waals surface area (Å²) < 4.78 is 28.5. The number of ether oxygens (including phenoxy) is 1. The molecule has 1 atom stereocenters. The molecule has 94 valence electrons. The maximum absolute atomic E-state index is 12.1. The van der Waals surface area contributed by atoms with Crippen LogP contribution in [0.15, 0.2) is 24.3 Å². The van der Waals surface area contributed by atoms with Crippen molar-refractivity contribution in [3.05, 3.63) is 29.8 Å². The van der Waals surface area contributed by atoms with Gasteiger partial charge in [0.1, 0.15) is 5.75 Å². The summed E-state index contributed by atoms with van der Waals surface area (Å²) in [5.41, 5.74) is 1.05. The van der Waals surface area contributed by atoms with Crippen LogP contribution in [0.1, 0.15) is 24.8 Å². The van der Waals surface area contributed by atoms with Crippen LogP contribution in [0.3, 0.4) is 0 Å². The molecule has 1 aliphatic heterocycles. The van der Waals surface area contributed by atoms with Gasteiger partial charge < -0.3 is 10.1 Å². The fourth-order valence-corrected chi connectivity index (χ4v) is 2.22. The minimum atomic E-state index is -2.75. The second kappa shape index (κ2) is 5.96. The van der Waals surface area contributed by atoms with Crippen molar-refractivity contribution in [2.45, 2.75) is 38.3 Å². The average Bonchev–Trinajstić information content (AvgIpc) is 2.79. The molecule has 2 nitrogen and oxygen atoms in total. The van der Waals surface area contributed by atoms with E-state index in [-0.39, 0.29) is 5.75 Å². The van der Waals surface area contributed by atoms with Crippen LogP contribution in [0.4, 0.5) is 8.78 Å². The predicted octanol–water partition coefficient (Wildman–Crippen LogP) is 2.97. The van der Waals surface area contributed by atoms with Gasteiger partial charge in [-0.25, -0.2) is 0 Å². The van der Waals surface area contributed by atoms with Crippen LogP contribution >= 0.6 is 0 Å². The molecule has 1 heterocycles. The van der Waals surface area contributed by atoms with Crippen molar-refractivity contribution in [2.75, 3.05) is 6.54 Å². The van der Waals surface area contributed by atoms with E-state index in [1.165, 1.54) is 12.8 Å². The lowest BCUT2D eigenvalue weighted by Gasteiger charge is -2.10. The largest absolute Gasteiger partial charge is 0.435 e. The Morgan fingerprint density at radius 1 is 1.41 bits per heavy atom. The number of halogens is 2. The quantitative estimate of drug-likeness (QED) is 0.855. The lowest BCUT2D eigenvalue weighted by Crippen LogP contribution is -2.21. The molecule has 1 aromatic rings. The van der Waals surface area contributed by atoms with Crippen LogP contribution in [0, 0.1) is 0 Å². The van der Waals surface area contributed by atoms with E-state index in [2.05, 4.69) is 10.1 Å². The normalized spacial score (nSPS) is 19.8. The van der Waals surface area contributed by atoms with E-state index < -0.39 is 6.61 Å². The lowest BCUT2D eigenvalue weighted by atomic mass is 10.0. The molecule has 0 aromatic heterocycles. The molecule has 1 saturated heterocycles. The Morgan fingerprint density at radius 3 is 3.00 bits per heavy atom. The molecule has 1 fully saturated rings. The van der Waals surface area contributed by atoms with Crippen molar-refractivity contribution >= 4 is 0 Å². The van der Waals surface area contributed by atoms with Crippen molar-refractivity contribution < 1.29 is 13.5 Å². The summed E-state index contributed by atoms with van der Waals surface area (Å²) in [6.45, 7) is -1.65. The zero-order valence-electron chi connectivity index (χ0n) is 9.66. The zero-order valence-corrected chi connectivity index (χ0v) is 9.66. The number of rotatable bonds is 5. The Hall–Kier alpha value is -1.16. The molecular formula is C13H17F2NO. The van der Waals surface area contributed by atoms with Gasteiger partial charge in [0.2, 0.25) is 0 Å². The lowest BCUT2D eigenvalue weighted by molar-refractivity contribution is -0.0498. The van der Waals surface area contributed by atoms with Crippen LogP contribution in [-0.4, -0.2) is 19.2 Å². The fraction of sp³-hybridized carbons (Fsp3) is 0.538. The second-order valence-electron chi connectivity index (χ2n) is 4.36. The molecule has 1 unspecified atom stereocenters. The van der Waals surface area contributed by atoms with Gasteiger partial charge in [0.05, 0.1) is 0 Å². The van der Waals surface area contributed by atoms with Gasteiger partial charge in [0.25, 0.3) is 0 Å². The van der Waals surface area contributed by atoms with Gasteiger partial charge in [-0.2, -0.15) is 8.78 Å². The maximum atomic E-state index is 12.1. The average molecular weight is 241 g/mol. The Bertz CT molecular complexity index is 351. The predicted molar refractivity (Wildman–Crippen MR) is 62.4 cm³/mol. The summed E-state index contributed by atoms with van der Waals surface area (Å²) in [5, 5.41) is 3.42. The molecule has 1 aliphatic rings. The molecule has 0 spiro atoms. The van der Waals surface area contributed by atoms with E-state index in [9.17, 15) is 8.78 Å². The van der Waals surface area contributed by atoms with Crippen molar-refractivity contribution in [3.63, 3.8) is 0 Å². The molecular weight excluding hydrogens is 224 g/mol. The summed E-state index contributed by atoms with van der Waals surface area (Å²) >= 11 is 0. The third-order valence-corrected chi connectivity index (χ3v) is 3.07. The molecule has 1 aromatic carbocycles. The molecule has 4 heteroatoms. The first-order chi connectivity index (χ1) is 8.24. The summed E-state index contributed by atoms with van der Waals surface area (Å²) in [5.74, 6) is 0.247. The molecule has 0 aliphatic carbocycles. The van der Waals surface area contributed by atoms with Gasteiger partial charge in [0, 0.05) is 6.04 Å². The molecule has 0 saturated carbocycles. The number of benzene rings is 1. The van der Waals surface area contributed by atoms with E-state index in [4.69, 9.17) is 0 Å². The van der Waals surface area contributed by atoms with E-state index in [1.54, 1.807) is 18.2 Å². The summed E-state index contributed by atoms with van der Waals surface area (Å²) in [7, 11) is 0. The van der Waals surface area contributed by atoms with Crippen molar-refractivity contribution in [2.24, 2.45) is 0 Å². The van der Waals surface area contributed by atoms with E-state index in [0.717, 1.165) is 24.9 Å². The topological polar surface area (TPSA) is 21.3 Å². The monoisotopic (exact) mass is 241 g/mol. The third-order valence-electron chi connectivity index (χ3n) is 3.07. The van der Waals surface area contributed by atoms with Gasteiger partial charge in [-0.15, -0.1) is 0 Å². The van der Waals surface area contributed by atoms with E-state index in [1.807, 2.05) is 6.07 Å². The Kier molecular flexibility index (Phi) is 4.31. The summed E-state index contributed by atoms with van der Waals surface area (Å²) in [6, 6.07) is 7.54. The molecule has 0 bridgehead atoms. The van der Waals surface area contributed by atoms with Crippen LogP contribution in [0.5, 0.6) is 5.75 Å². The van der Waals surface area contributed by atoms with Crippen molar-refractivity contribution in [1.82, 2.24) is 5.32 Å². The minimum absolute atomic E-state index is 0.247. The molecule has 2 rings (SSSR count). The Labute approximate surface area is 100.0 Å². The molecule has 17 heavy (non-hydrogen) atoms. The minimum Gasteiger partial charge on any atom is -0.435 e. The van der Waals surface area contributed by atoms with Crippen LogP contribution in [-0.2, 0) is 6.42 Å². The Morgan fingerprint density at radius 2 is 2.29 bits per heavy atom. The number of aryl methyl sites for hydroxylation is 1. The SMILES string of the molecule is FC(F)Oc1cccc(CCC2CCCN2)c1. The maximum Gasteiger partial charge on any atom is 0.387 e. The highest BCUT2D eigenvalue weighted by molar-refractivity contribution is 5.28. The first-order valence-corrected chi connectivity index (χ1v) is 6.01. The fourth-order valence-electron chi connectivity index (χ4n) is 2.22.